The van der Waals surface area contributed by atoms with Crippen molar-refractivity contribution in [1.29, 1.82) is 0 Å². The number of anilines is 2. The number of nitrogen functional groups attached to an aromatic ring is 1. The zero-order valence-corrected chi connectivity index (χ0v) is 17.2. The Labute approximate surface area is 176 Å². The minimum Gasteiger partial charge on any atom is -0.508 e. The molecule has 3 N–H and O–H groups in total. The lowest BCUT2D eigenvalue weighted by Gasteiger charge is -2.31. The van der Waals surface area contributed by atoms with Gasteiger partial charge in [-0.25, -0.2) is 0 Å². The van der Waals surface area contributed by atoms with E-state index in [-0.39, 0.29) is 5.75 Å². The van der Waals surface area contributed by atoms with Crippen LogP contribution in [0.25, 0.3) is 10.8 Å². The lowest BCUT2D eigenvalue weighted by atomic mass is 10.0. The number of rotatable bonds is 4. The lowest BCUT2D eigenvalue weighted by molar-refractivity contribution is 0.231. The van der Waals surface area contributed by atoms with Crippen LogP contribution in [0.3, 0.4) is 0 Å². The Morgan fingerprint density at radius 2 is 2.07 bits per heavy atom. The molecular weight excluding hydrogens is 378 g/mol. The van der Waals surface area contributed by atoms with E-state index >= 15 is 0 Å². The topological polar surface area (TPSA) is 87.7 Å². The van der Waals surface area contributed by atoms with E-state index in [9.17, 15) is 5.11 Å². The molecular formula is C23H27N5O2. The zero-order valence-electron chi connectivity index (χ0n) is 17.2. The molecule has 30 heavy (non-hydrogen) atoms. The first kappa shape index (κ1) is 18.9. The quantitative estimate of drug-likeness (QED) is 0.690. The molecule has 0 bridgehead atoms. The van der Waals surface area contributed by atoms with Crippen LogP contribution < -0.4 is 15.4 Å². The number of hydrogen-bond acceptors (Lipinski definition) is 7. The van der Waals surface area contributed by atoms with E-state index < -0.39 is 0 Å². The molecule has 1 atom stereocenters. The Hall–Kier alpha value is -3.06. The summed E-state index contributed by atoms with van der Waals surface area (Å²) in [5, 5.41) is 12.4. The normalized spacial score (nSPS) is 19.2. The largest absolute Gasteiger partial charge is 0.508 e. The van der Waals surface area contributed by atoms with Crippen molar-refractivity contribution < 1.29 is 9.84 Å². The van der Waals surface area contributed by atoms with Gasteiger partial charge in [-0.3, -0.25) is 0 Å². The lowest BCUT2D eigenvalue weighted by Crippen LogP contribution is -2.32. The molecule has 2 aliphatic rings. The number of nitrogens with two attached hydrogens (primary N) is 1. The molecule has 156 valence electrons. The van der Waals surface area contributed by atoms with Crippen LogP contribution in [0.1, 0.15) is 17.7 Å². The predicted octanol–water partition coefficient (Wildman–Crippen LogP) is 2.81. The van der Waals surface area contributed by atoms with Crippen molar-refractivity contribution in [2.75, 3.05) is 43.9 Å². The number of likely N-dealkylation sites (tertiary alicyclic amines) is 1. The van der Waals surface area contributed by atoms with Gasteiger partial charge in [0.2, 0.25) is 0 Å². The molecule has 0 unspecified atom stereocenters. The van der Waals surface area contributed by atoms with E-state index in [2.05, 4.69) is 27.9 Å². The molecule has 2 aliphatic heterocycles. The van der Waals surface area contributed by atoms with Gasteiger partial charge >= 0.3 is 6.01 Å². The summed E-state index contributed by atoms with van der Waals surface area (Å²) >= 11 is 0. The van der Waals surface area contributed by atoms with E-state index in [1.807, 2.05) is 24.3 Å². The number of phenolic OH excluding ortho intramolecular Hbond substituents is 1. The van der Waals surface area contributed by atoms with Crippen LogP contribution in [0.4, 0.5) is 11.5 Å². The van der Waals surface area contributed by atoms with Crippen molar-refractivity contribution >= 4 is 22.3 Å². The summed E-state index contributed by atoms with van der Waals surface area (Å²) in [5.41, 5.74) is 9.16. The third kappa shape index (κ3) is 3.61. The van der Waals surface area contributed by atoms with Crippen molar-refractivity contribution in [2.24, 2.45) is 5.92 Å². The summed E-state index contributed by atoms with van der Waals surface area (Å²) in [5.74, 6) is 1.28. The standard InChI is InChI=1S/C23H27N5O2/c1-27-8-6-15(12-27)14-30-23-25-20-13-28(9-7-19(20)22(24)26-23)21-11-17(29)10-16-4-2-3-5-18(16)21/h2-5,10-11,15,29H,6-9,12-14H2,1H3,(H2,24,25,26)/t15-/m1/s1. The predicted molar refractivity (Wildman–Crippen MR) is 118 cm³/mol. The summed E-state index contributed by atoms with van der Waals surface area (Å²) in [7, 11) is 2.13. The molecule has 1 saturated heterocycles. The Balaban J connectivity index is 1.40. The number of aromatic hydroxyl groups is 1. The number of aromatic nitrogens is 2. The molecule has 0 amide bonds. The number of ether oxygens (including phenoxy) is 1. The van der Waals surface area contributed by atoms with E-state index in [1.54, 1.807) is 6.07 Å². The average Bonchev–Trinajstić information content (AvgIpc) is 3.16. The van der Waals surface area contributed by atoms with Gasteiger partial charge in [0.1, 0.15) is 11.6 Å². The third-order valence-electron chi connectivity index (χ3n) is 6.18. The van der Waals surface area contributed by atoms with E-state index in [0.717, 1.165) is 60.2 Å². The van der Waals surface area contributed by atoms with Gasteiger partial charge in [0.05, 0.1) is 18.8 Å². The molecule has 0 aliphatic carbocycles. The van der Waals surface area contributed by atoms with E-state index in [4.69, 9.17) is 15.5 Å². The monoisotopic (exact) mass is 405 g/mol. The highest BCUT2D eigenvalue weighted by Gasteiger charge is 2.25. The Kier molecular flexibility index (Phi) is 4.83. The van der Waals surface area contributed by atoms with Crippen LogP contribution in [0.15, 0.2) is 36.4 Å². The molecule has 1 fully saturated rings. The summed E-state index contributed by atoms with van der Waals surface area (Å²) in [6.07, 6.45) is 1.90. The number of fused-ring (bicyclic) bond motifs is 2. The van der Waals surface area contributed by atoms with Crippen LogP contribution in [0.2, 0.25) is 0 Å². The number of phenols is 1. The molecule has 7 heteroatoms. The molecule has 0 saturated carbocycles. The Bertz CT molecular complexity index is 1090. The van der Waals surface area contributed by atoms with Gasteiger partial charge in [0.15, 0.2) is 0 Å². The zero-order chi connectivity index (χ0) is 20.7. The van der Waals surface area contributed by atoms with Gasteiger partial charge in [-0.05, 0) is 37.9 Å². The van der Waals surface area contributed by atoms with Crippen LogP contribution >= 0.6 is 0 Å². The van der Waals surface area contributed by atoms with E-state index in [1.165, 1.54) is 0 Å². The molecule has 3 aromatic rings. The maximum absolute atomic E-state index is 10.2. The van der Waals surface area contributed by atoms with Crippen LogP contribution in [-0.2, 0) is 13.0 Å². The summed E-state index contributed by atoms with van der Waals surface area (Å²) in [6.45, 7) is 4.16. The van der Waals surface area contributed by atoms with Gasteiger partial charge < -0.3 is 25.4 Å². The second-order valence-electron chi connectivity index (χ2n) is 8.40. The summed E-state index contributed by atoms with van der Waals surface area (Å²) in [6, 6.07) is 12.1. The minimum atomic E-state index is 0.266. The van der Waals surface area contributed by atoms with Crippen molar-refractivity contribution in [3.63, 3.8) is 0 Å². The van der Waals surface area contributed by atoms with Crippen molar-refractivity contribution in [2.45, 2.75) is 19.4 Å². The van der Waals surface area contributed by atoms with Gasteiger partial charge in [0.25, 0.3) is 0 Å². The molecule has 1 aromatic heterocycles. The summed E-state index contributed by atoms with van der Waals surface area (Å²) in [4.78, 5) is 13.7. The molecule has 2 aromatic carbocycles. The average molecular weight is 406 g/mol. The molecule has 3 heterocycles. The van der Waals surface area contributed by atoms with Crippen LogP contribution in [0, 0.1) is 5.92 Å². The fourth-order valence-corrected chi connectivity index (χ4v) is 4.60. The van der Waals surface area contributed by atoms with Gasteiger partial charge in [0, 0.05) is 41.7 Å². The fourth-order valence-electron chi connectivity index (χ4n) is 4.60. The maximum Gasteiger partial charge on any atom is 0.318 e. The van der Waals surface area contributed by atoms with Crippen LogP contribution in [-0.4, -0.2) is 53.3 Å². The SMILES string of the molecule is CN1CC[C@@H](COc2nc(N)c3c(n2)CN(c2cc(O)cc4ccccc24)CC3)C1. The second kappa shape index (κ2) is 7.65. The number of benzene rings is 2. The minimum absolute atomic E-state index is 0.266. The number of hydrogen-bond donors (Lipinski definition) is 2. The smallest absolute Gasteiger partial charge is 0.318 e. The highest BCUT2D eigenvalue weighted by atomic mass is 16.5. The number of nitrogens with zero attached hydrogens (tertiary/aromatic N) is 4. The maximum atomic E-state index is 10.2. The van der Waals surface area contributed by atoms with Crippen LogP contribution in [0.5, 0.6) is 11.8 Å². The third-order valence-corrected chi connectivity index (χ3v) is 6.18. The van der Waals surface area contributed by atoms with Gasteiger partial charge in [-0.1, -0.05) is 24.3 Å². The van der Waals surface area contributed by atoms with Crippen molar-refractivity contribution in [1.82, 2.24) is 14.9 Å². The molecule has 0 spiro atoms. The van der Waals surface area contributed by atoms with Gasteiger partial charge in [-0.2, -0.15) is 9.97 Å². The van der Waals surface area contributed by atoms with Crippen molar-refractivity contribution in [3.05, 3.63) is 47.7 Å². The Morgan fingerprint density at radius 1 is 1.20 bits per heavy atom. The molecule has 7 nitrogen and oxygen atoms in total. The summed E-state index contributed by atoms with van der Waals surface area (Å²) < 4.78 is 5.93. The van der Waals surface area contributed by atoms with Crippen molar-refractivity contribution in [3.8, 4) is 11.8 Å². The van der Waals surface area contributed by atoms with E-state index in [0.29, 0.717) is 30.9 Å². The molecule has 5 rings (SSSR count). The fraction of sp³-hybridized carbons (Fsp3) is 0.391. The highest BCUT2D eigenvalue weighted by molar-refractivity contribution is 5.95. The molecule has 0 radical (unpaired) electrons. The Morgan fingerprint density at radius 3 is 2.90 bits per heavy atom. The van der Waals surface area contributed by atoms with Gasteiger partial charge in [-0.15, -0.1) is 0 Å². The first-order chi connectivity index (χ1) is 14.6. The highest BCUT2D eigenvalue weighted by Crippen LogP contribution is 2.35. The first-order valence-electron chi connectivity index (χ1n) is 10.5. The first-order valence-corrected chi connectivity index (χ1v) is 10.5. The second-order valence-corrected chi connectivity index (χ2v) is 8.40.